The summed E-state index contributed by atoms with van der Waals surface area (Å²) in [5.41, 5.74) is 5.31. The first kappa shape index (κ1) is 15.0. The van der Waals surface area contributed by atoms with E-state index in [1.807, 2.05) is 0 Å². The molecule has 19 heavy (non-hydrogen) atoms. The normalized spacial score (nSPS) is 12.6. The van der Waals surface area contributed by atoms with Crippen molar-refractivity contribution in [3.63, 3.8) is 0 Å². The van der Waals surface area contributed by atoms with Crippen molar-refractivity contribution in [1.29, 1.82) is 0 Å². The predicted molar refractivity (Wildman–Crippen MR) is 67.4 cm³/mol. The van der Waals surface area contributed by atoms with E-state index in [2.05, 4.69) is 4.74 Å². The lowest BCUT2D eigenvalue weighted by Gasteiger charge is -2.19. The van der Waals surface area contributed by atoms with Crippen LogP contribution in [0.3, 0.4) is 0 Å². The maximum absolute atomic E-state index is 11.6. The zero-order valence-electron chi connectivity index (χ0n) is 11.0. The monoisotopic (exact) mass is 267 g/mol. The molecule has 1 aromatic rings. The molecule has 0 aliphatic carbocycles. The number of esters is 1. The Bertz CT molecular complexity index is 461. The molecular weight excluding hydrogens is 250 g/mol. The number of hydrogen-bond acceptors (Lipinski definition) is 6. The van der Waals surface area contributed by atoms with Crippen molar-refractivity contribution in [2.45, 2.75) is 32.4 Å². The molecule has 0 aromatic heterocycles. The van der Waals surface area contributed by atoms with Crippen LogP contribution in [0.25, 0.3) is 0 Å². The average molecular weight is 267 g/mol. The van der Waals surface area contributed by atoms with Gasteiger partial charge in [0.05, 0.1) is 0 Å². The van der Waals surface area contributed by atoms with Crippen LogP contribution in [0.2, 0.25) is 0 Å². The third-order valence-electron chi connectivity index (χ3n) is 2.08. The molecule has 6 nitrogen and oxygen atoms in total. The third kappa shape index (κ3) is 4.97. The van der Waals surface area contributed by atoms with E-state index in [4.69, 9.17) is 15.6 Å². The van der Waals surface area contributed by atoms with E-state index in [-0.39, 0.29) is 5.75 Å². The van der Waals surface area contributed by atoms with Crippen LogP contribution in [0, 0.1) is 0 Å². The number of carbonyl (C=O) groups is 2. The first-order valence-electron chi connectivity index (χ1n) is 5.68. The van der Waals surface area contributed by atoms with Gasteiger partial charge in [-0.3, -0.25) is 0 Å². The Morgan fingerprint density at radius 3 is 2.21 bits per heavy atom. The van der Waals surface area contributed by atoms with Gasteiger partial charge in [0.15, 0.2) is 0 Å². The number of carbonyl (C=O) groups excluding carboxylic acids is 2. The van der Waals surface area contributed by atoms with Crippen LogP contribution in [0.4, 0.5) is 4.79 Å². The molecule has 0 spiro atoms. The first-order valence-corrected chi connectivity index (χ1v) is 5.68. The Labute approximate surface area is 111 Å². The van der Waals surface area contributed by atoms with E-state index in [9.17, 15) is 9.59 Å². The molecule has 0 radical (unpaired) electrons. The van der Waals surface area contributed by atoms with Gasteiger partial charge in [0.1, 0.15) is 17.4 Å². The minimum absolute atomic E-state index is 0.0523. The Morgan fingerprint density at radius 1 is 1.21 bits per heavy atom. The van der Waals surface area contributed by atoms with Crippen LogP contribution in [-0.4, -0.2) is 22.8 Å². The van der Waals surface area contributed by atoms with E-state index in [1.165, 1.54) is 24.3 Å². The van der Waals surface area contributed by atoms with E-state index in [0.717, 1.165) is 0 Å². The van der Waals surface area contributed by atoms with Gasteiger partial charge >= 0.3 is 12.1 Å². The van der Waals surface area contributed by atoms with Crippen molar-refractivity contribution < 1.29 is 24.2 Å². The van der Waals surface area contributed by atoms with Gasteiger partial charge in [-0.1, -0.05) is 12.1 Å². The summed E-state index contributed by atoms with van der Waals surface area (Å²) in [7, 11) is 0. The zero-order chi connectivity index (χ0) is 14.6. The summed E-state index contributed by atoms with van der Waals surface area (Å²) in [5.74, 6) is -0.864. The summed E-state index contributed by atoms with van der Waals surface area (Å²) >= 11 is 0. The van der Waals surface area contributed by atoms with Gasteiger partial charge in [-0.05, 0) is 38.5 Å². The molecule has 0 bridgehead atoms. The molecule has 3 N–H and O–H groups in total. The molecule has 0 aliphatic rings. The maximum atomic E-state index is 11.6. The fourth-order valence-electron chi connectivity index (χ4n) is 1.23. The van der Waals surface area contributed by atoms with E-state index >= 15 is 0 Å². The molecule has 0 amide bonds. The minimum Gasteiger partial charge on any atom is -0.508 e. The van der Waals surface area contributed by atoms with Crippen LogP contribution in [0.1, 0.15) is 32.4 Å². The highest BCUT2D eigenvalue weighted by molar-refractivity contribution is 5.86. The second kappa shape index (κ2) is 5.71. The molecule has 1 atom stereocenters. The number of ether oxygens (including phenoxy) is 2. The van der Waals surface area contributed by atoms with Crippen molar-refractivity contribution in [2.24, 2.45) is 5.73 Å². The van der Waals surface area contributed by atoms with E-state index < -0.39 is 23.8 Å². The SMILES string of the molecule is CC(C)(C)OC(=O)OC(=O)[C@H](N)c1ccc(O)cc1. The van der Waals surface area contributed by atoms with Gasteiger partial charge in [0.25, 0.3) is 0 Å². The molecule has 0 unspecified atom stereocenters. The Kier molecular flexibility index (Phi) is 4.50. The Balaban J connectivity index is 2.63. The molecule has 0 heterocycles. The van der Waals surface area contributed by atoms with Crippen molar-refractivity contribution in [1.82, 2.24) is 0 Å². The summed E-state index contributed by atoms with van der Waals surface area (Å²) in [5, 5.41) is 9.12. The van der Waals surface area contributed by atoms with Gasteiger partial charge in [-0.2, -0.15) is 0 Å². The summed E-state index contributed by atoms with van der Waals surface area (Å²) < 4.78 is 9.32. The largest absolute Gasteiger partial charge is 0.516 e. The van der Waals surface area contributed by atoms with Crippen LogP contribution in [0.15, 0.2) is 24.3 Å². The van der Waals surface area contributed by atoms with Gasteiger partial charge < -0.3 is 20.3 Å². The van der Waals surface area contributed by atoms with Crippen LogP contribution >= 0.6 is 0 Å². The van der Waals surface area contributed by atoms with Gasteiger partial charge in [-0.25, -0.2) is 9.59 Å². The Hall–Kier alpha value is -2.08. The number of phenols is 1. The molecule has 104 valence electrons. The molecule has 0 saturated carbocycles. The number of aromatic hydroxyl groups is 1. The zero-order valence-corrected chi connectivity index (χ0v) is 11.0. The van der Waals surface area contributed by atoms with Crippen molar-refractivity contribution in [3.8, 4) is 5.75 Å². The van der Waals surface area contributed by atoms with Crippen LogP contribution in [0.5, 0.6) is 5.75 Å². The summed E-state index contributed by atoms with van der Waals surface area (Å²) in [6, 6.07) is 4.59. The molecule has 0 fully saturated rings. The second-order valence-electron chi connectivity index (χ2n) is 4.95. The average Bonchev–Trinajstić information content (AvgIpc) is 2.26. The third-order valence-corrected chi connectivity index (χ3v) is 2.08. The highest BCUT2D eigenvalue weighted by atomic mass is 16.7. The highest BCUT2D eigenvalue weighted by Gasteiger charge is 2.24. The fourth-order valence-corrected chi connectivity index (χ4v) is 1.23. The standard InChI is InChI=1S/C13H17NO5/c1-13(2,3)19-12(17)18-11(16)10(14)8-4-6-9(15)7-5-8/h4-7,10,15H,14H2,1-3H3/t10-/m1/s1. The predicted octanol–water partition coefficient (Wildman–Crippen LogP) is 1.87. The van der Waals surface area contributed by atoms with Crippen LogP contribution < -0.4 is 5.73 Å². The van der Waals surface area contributed by atoms with E-state index in [0.29, 0.717) is 5.56 Å². The van der Waals surface area contributed by atoms with Crippen molar-refractivity contribution in [3.05, 3.63) is 29.8 Å². The molecule has 6 heteroatoms. The second-order valence-corrected chi connectivity index (χ2v) is 4.95. The molecule has 1 rings (SSSR count). The molecule has 0 saturated heterocycles. The summed E-state index contributed by atoms with van der Waals surface area (Å²) in [6.45, 7) is 4.95. The maximum Gasteiger partial charge on any atom is 0.516 e. The molecule has 1 aromatic carbocycles. The van der Waals surface area contributed by atoms with Gasteiger partial charge in [0.2, 0.25) is 0 Å². The summed E-state index contributed by atoms with van der Waals surface area (Å²) in [6.07, 6.45) is -1.09. The Morgan fingerprint density at radius 2 is 1.74 bits per heavy atom. The van der Waals surface area contributed by atoms with Crippen molar-refractivity contribution in [2.75, 3.05) is 0 Å². The van der Waals surface area contributed by atoms with Gasteiger partial charge in [-0.15, -0.1) is 0 Å². The van der Waals surface area contributed by atoms with Crippen LogP contribution in [-0.2, 0) is 14.3 Å². The quantitative estimate of drug-likeness (QED) is 0.627. The number of hydrogen-bond donors (Lipinski definition) is 2. The number of nitrogens with two attached hydrogens (primary N) is 1. The molecule has 0 aliphatic heterocycles. The fraction of sp³-hybridized carbons (Fsp3) is 0.385. The smallest absolute Gasteiger partial charge is 0.508 e. The van der Waals surface area contributed by atoms with Crippen molar-refractivity contribution >= 4 is 12.1 Å². The highest BCUT2D eigenvalue weighted by Crippen LogP contribution is 2.17. The lowest BCUT2D eigenvalue weighted by Crippen LogP contribution is -2.30. The number of benzene rings is 1. The lowest BCUT2D eigenvalue weighted by atomic mass is 10.1. The number of rotatable bonds is 2. The molecular formula is C13H17NO5. The van der Waals surface area contributed by atoms with E-state index in [1.54, 1.807) is 20.8 Å². The summed E-state index contributed by atoms with van der Waals surface area (Å²) in [4.78, 5) is 22.9. The lowest BCUT2D eigenvalue weighted by molar-refractivity contribution is -0.143. The first-order chi connectivity index (χ1) is 8.69. The van der Waals surface area contributed by atoms with Gasteiger partial charge in [0, 0.05) is 0 Å². The minimum atomic E-state index is -1.12. The number of phenolic OH excluding ortho intramolecular Hbond substituents is 1. The topological polar surface area (TPSA) is 98.9 Å².